The van der Waals surface area contributed by atoms with Crippen LogP contribution in [0.4, 0.5) is 0 Å². The molecular formula is C18H27NO2. The quantitative estimate of drug-likeness (QED) is 0.859. The van der Waals surface area contributed by atoms with Crippen molar-refractivity contribution in [1.29, 1.82) is 0 Å². The van der Waals surface area contributed by atoms with E-state index in [9.17, 15) is 0 Å². The molecule has 1 saturated carbocycles. The van der Waals surface area contributed by atoms with Crippen LogP contribution in [-0.2, 0) is 11.2 Å². The van der Waals surface area contributed by atoms with Gasteiger partial charge in [-0.25, -0.2) is 0 Å². The first kappa shape index (κ1) is 14.9. The molecule has 0 spiro atoms. The fourth-order valence-electron chi connectivity index (χ4n) is 3.86. The second-order valence-electron chi connectivity index (χ2n) is 6.36. The molecule has 0 bridgehead atoms. The molecular weight excluding hydrogens is 262 g/mol. The molecule has 0 amide bonds. The van der Waals surface area contributed by atoms with Gasteiger partial charge < -0.3 is 15.2 Å². The van der Waals surface area contributed by atoms with E-state index in [-0.39, 0.29) is 11.6 Å². The summed E-state index contributed by atoms with van der Waals surface area (Å²) in [4.78, 5) is 0. The van der Waals surface area contributed by atoms with Crippen LogP contribution in [0, 0.1) is 0 Å². The Balaban J connectivity index is 1.87. The summed E-state index contributed by atoms with van der Waals surface area (Å²) in [6.45, 7) is 3.61. The lowest BCUT2D eigenvalue weighted by Crippen LogP contribution is -2.43. The second-order valence-corrected chi connectivity index (χ2v) is 6.36. The van der Waals surface area contributed by atoms with Gasteiger partial charge in [0.15, 0.2) is 0 Å². The number of nitrogens with two attached hydrogens (primary N) is 1. The lowest BCUT2D eigenvalue weighted by atomic mass is 9.82. The van der Waals surface area contributed by atoms with Gasteiger partial charge in [0.25, 0.3) is 0 Å². The molecule has 1 heterocycles. The zero-order valence-electron chi connectivity index (χ0n) is 13.1. The van der Waals surface area contributed by atoms with Crippen LogP contribution in [-0.4, -0.2) is 18.8 Å². The van der Waals surface area contributed by atoms with Gasteiger partial charge in [0.1, 0.15) is 5.75 Å². The zero-order valence-corrected chi connectivity index (χ0v) is 13.1. The van der Waals surface area contributed by atoms with Crippen molar-refractivity contribution in [2.24, 2.45) is 5.73 Å². The molecule has 21 heavy (non-hydrogen) atoms. The van der Waals surface area contributed by atoms with Gasteiger partial charge in [-0.1, -0.05) is 37.8 Å². The Labute approximate surface area is 127 Å². The Morgan fingerprint density at radius 2 is 2.00 bits per heavy atom. The first-order chi connectivity index (χ1) is 10.2. The van der Waals surface area contributed by atoms with Crippen molar-refractivity contribution in [3.05, 3.63) is 29.3 Å². The largest absolute Gasteiger partial charge is 0.493 e. The molecule has 116 valence electrons. The van der Waals surface area contributed by atoms with Crippen LogP contribution >= 0.6 is 0 Å². The second kappa shape index (κ2) is 6.37. The zero-order chi connectivity index (χ0) is 14.7. The number of benzene rings is 1. The topological polar surface area (TPSA) is 44.5 Å². The van der Waals surface area contributed by atoms with E-state index >= 15 is 0 Å². The fourth-order valence-corrected chi connectivity index (χ4v) is 3.86. The summed E-state index contributed by atoms with van der Waals surface area (Å²) in [6.07, 6.45) is 8.21. The van der Waals surface area contributed by atoms with Crippen molar-refractivity contribution in [3.63, 3.8) is 0 Å². The van der Waals surface area contributed by atoms with Gasteiger partial charge in [-0.15, -0.1) is 0 Å². The van der Waals surface area contributed by atoms with Crippen LogP contribution in [0.5, 0.6) is 5.75 Å². The van der Waals surface area contributed by atoms with Crippen molar-refractivity contribution in [1.82, 2.24) is 0 Å². The average Bonchev–Trinajstić information content (AvgIpc) is 2.84. The Bertz CT molecular complexity index is 478. The third-order valence-electron chi connectivity index (χ3n) is 5.02. The van der Waals surface area contributed by atoms with Gasteiger partial charge in [-0.3, -0.25) is 0 Å². The first-order valence-corrected chi connectivity index (χ1v) is 8.40. The van der Waals surface area contributed by atoms with Crippen LogP contribution in [0.15, 0.2) is 18.2 Å². The predicted molar refractivity (Wildman–Crippen MR) is 84.6 cm³/mol. The molecule has 1 unspecified atom stereocenters. The number of hydrogen-bond donors (Lipinski definition) is 1. The maximum Gasteiger partial charge on any atom is 0.122 e. The molecule has 1 aliphatic heterocycles. The van der Waals surface area contributed by atoms with Crippen LogP contribution in [0.25, 0.3) is 0 Å². The summed E-state index contributed by atoms with van der Waals surface area (Å²) in [5.74, 6) is 1.03. The molecule has 1 aliphatic carbocycles. The van der Waals surface area contributed by atoms with E-state index in [0.717, 1.165) is 38.2 Å². The molecule has 1 atom stereocenters. The van der Waals surface area contributed by atoms with Gasteiger partial charge in [-0.2, -0.15) is 0 Å². The van der Waals surface area contributed by atoms with Crippen molar-refractivity contribution in [2.75, 3.05) is 13.2 Å². The molecule has 1 aromatic carbocycles. The minimum atomic E-state index is -0.182. The number of rotatable bonds is 4. The van der Waals surface area contributed by atoms with E-state index in [1.54, 1.807) is 0 Å². The van der Waals surface area contributed by atoms with Gasteiger partial charge in [0.2, 0.25) is 0 Å². The smallest absolute Gasteiger partial charge is 0.122 e. The van der Waals surface area contributed by atoms with E-state index < -0.39 is 0 Å². The Morgan fingerprint density at radius 3 is 2.71 bits per heavy atom. The molecule has 3 nitrogen and oxygen atoms in total. The minimum absolute atomic E-state index is 0.0403. The van der Waals surface area contributed by atoms with Crippen LogP contribution < -0.4 is 10.5 Å². The van der Waals surface area contributed by atoms with E-state index in [4.69, 9.17) is 15.2 Å². The van der Waals surface area contributed by atoms with Crippen LogP contribution in [0.2, 0.25) is 0 Å². The summed E-state index contributed by atoms with van der Waals surface area (Å²) in [6, 6.07) is 6.40. The fraction of sp³-hybridized carbons (Fsp3) is 0.667. The van der Waals surface area contributed by atoms with Gasteiger partial charge in [0, 0.05) is 13.0 Å². The molecule has 3 heteroatoms. The first-order valence-electron chi connectivity index (χ1n) is 8.40. The maximum absolute atomic E-state index is 6.69. The van der Waals surface area contributed by atoms with Crippen molar-refractivity contribution in [3.8, 4) is 5.75 Å². The summed E-state index contributed by atoms with van der Waals surface area (Å²) >= 11 is 0. The molecule has 2 N–H and O–H groups in total. The third-order valence-corrected chi connectivity index (χ3v) is 5.02. The maximum atomic E-state index is 6.69. The van der Waals surface area contributed by atoms with Crippen molar-refractivity contribution >= 4 is 0 Å². The highest BCUT2D eigenvalue weighted by Crippen LogP contribution is 2.40. The van der Waals surface area contributed by atoms with E-state index in [2.05, 4.69) is 25.1 Å². The number of ether oxygens (including phenoxy) is 2. The van der Waals surface area contributed by atoms with Crippen molar-refractivity contribution in [2.45, 2.75) is 63.5 Å². The summed E-state index contributed by atoms with van der Waals surface area (Å²) in [5, 5.41) is 0. The molecule has 1 fully saturated rings. The monoisotopic (exact) mass is 289 g/mol. The van der Waals surface area contributed by atoms with Crippen LogP contribution in [0.1, 0.15) is 62.6 Å². The van der Waals surface area contributed by atoms with Crippen molar-refractivity contribution < 1.29 is 9.47 Å². The van der Waals surface area contributed by atoms with Crippen LogP contribution in [0.3, 0.4) is 0 Å². The highest BCUT2D eigenvalue weighted by atomic mass is 16.5. The Kier molecular flexibility index (Phi) is 4.51. The Morgan fingerprint density at radius 1 is 1.24 bits per heavy atom. The molecule has 1 aromatic rings. The minimum Gasteiger partial charge on any atom is -0.493 e. The standard InChI is InChI=1S/C18H27NO2/c1-2-21-18(10-5-3-4-6-11-18)17(19)15-7-8-16-14(13-15)9-12-20-16/h7-8,13,17H,2-6,9-12,19H2,1H3. The van der Waals surface area contributed by atoms with E-state index in [0.29, 0.717) is 0 Å². The molecule has 2 aliphatic rings. The Hall–Kier alpha value is -1.06. The van der Waals surface area contributed by atoms with Gasteiger partial charge in [0.05, 0.1) is 18.2 Å². The van der Waals surface area contributed by atoms with Gasteiger partial charge in [-0.05, 0) is 37.0 Å². The SMILES string of the molecule is CCOC1(C(N)c2ccc3c(c2)CCO3)CCCCCC1. The molecule has 0 saturated heterocycles. The van der Waals surface area contributed by atoms with Gasteiger partial charge >= 0.3 is 0 Å². The predicted octanol–water partition coefficient (Wildman–Crippen LogP) is 3.75. The number of hydrogen-bond acceptors (Lipinski definition) is 3. The highest BCUT2D eigenvalue weighted by molar-refractivity contribution is 5.41. The summed E-state index contributed by atoms with van der Waals surface area (Å²) in [7, 11) is 0. The molecule has 0 radical (unpaired) electrons. The summed E-state index contributed by atoms with van der Waals surface area (Å²) in [5.41, 5.74) is 9.00. The lowest BCUT2D eigenvalue weighted by Gasteiger charge is -2.38. The average molecular weight is 289 g/mol. The highest BCUT2D eigenvalue weighted by Gasteiger charge is 2.38. The number of fused-ring (bicyclic) bond motifs is 1. The normalized spacial score (nSPS) is 22.2. The van der Waals surface area contributed by atoms with E-state index in [1.165, 1.54) is 36.8 Å². The summed E-state index contributed by atoms with van der Waals surface area (Å²) < 4.78 is 11.8. The third kappa shape index (κ3) is 2.95. The molecule has 3 rings (SSSR count). The lowest BCUT2D eigenvalue weighted by molar-refractivity contribution is -0.0696. The van der Waals surface area contributed by atoms with E-state index in [1.807, 2.05) is 0 Å². The molecule has 0 aromatic heterocycles.